The van der Waals surface area contributed by atoms with E-state index in [0.717, 1.165) is 0 Å². The van der Waals surface area contributed by atoms with E-state index in [2.05, 4.69) is 0 Å². The lowest BCUT2D eigenvalue weighted by molar-refractivity contribution is 0.484. The first-order chi connectivity index (χ1) is 33.1. The van der Waals surface area contributed by atoms with Crippen molar-refractivity contribution in [3.05, 3.63) is 235 Å². The fourth-order valence-electron chi connectivity index (χ4n) is 8.24. The van der Waals surface area contributed by atoms with Gasteiger partial charge in [0, 0.05) is 5.92 Å². The predicted molar refractivity (Wildman–Crippen MR) is 259 cm³/mol. The number of benzene rings is 8. The minimum atomic E-state index is -4.36. The SMILES string of the molecule is O=S(=O)(Oc1ccccc1)c1ccc2c(c1)C(=C/C=C\C1c3cc(S(=O)(=O)Oc4ccccc4)ccc3-c3ccc(S(=O)(=O)Oc4ccccc4)cc31)c1cc(S(=O)(=O)Oc3ccccc3)ccc1-2. The molecule has 0 heterocycles. The van der Waals surface area contributed by atoms with Gasteiger partial charge < -0.3 is 16.7 Å². The highest BCUT2D eigenvalue weighted by Crippen LogP contribution is 2.49. The molecule has 0 atom stereocenters. The quantitative estimate of drug-likeness (QED) is 0.0945. The molecule has 0 saturated carbocycles. The summed E-state index contributed by atoms with van der Waals surface area (Å²) in [5.41, 5.74) is 4.83. The molecule has 2 aliphatic carbocycles. The van der Waals surface area contributed by atoms with Gasteiger partial charge in [0.25, 0.3) is 0 Å². The normalized spacial score (nSPS) is 13.2. The Morgan fingerprint density at radius 1 is 0.319 bits per heavy atom. The summed E-state index contributed by atoms with van der Waals surface area (Å²) in [5.74, 6) is -0.325. The van der Waals surface area contributed by atoms with Crippen LogP contribution < -0.4 is 16.7 Å². The van der Waals surface area contributed by atoms with Gasteiger partial charge >= 0.3 is 40.5 Å². The van der Waals surface area contributed by atoms with Crippen LogP contribution in [0.2, 0.25) is 0 Å². The Kier molecular flexibility index (Phi) is 11.6. The van der Waals surface area contributed by atoms with E-state index in [-0.39, 0.29) is 42.6 Å². The molecule has 0 aliphatic heterocycles. The van der Waals surface area contributed by atoms with Crippen molar-refractivity contribution < 1.29 is 50.4 Å². The van der Waals surface area contributed by atoms with Crippen LogP contribution in [0, 0.1) is 0 Å². The standard InChI is InChI=1S/C53H36O12S4/c54-66(55,62-36-14-5-1-6-15-36)40-24-28-46-47-29-25-41(67(56,57)63-37-16-7-2-8-17-37)33-51(47)44(50(46)32-40)22-13-23-45-52-34-42(68(58,59)64-38-18-9-3-10-19-38)26-30-48(52)49-31-27-43(35-53(45)49)69(60,61)65-39-20-11-4-12-21-39/h1-35,44H/b22-13-. The first-order valence-corrected chi connectivity index (χ1v) is 26.7. The van der Waals surface area contributed by atoms with Crippen molar-refractivity contribution in [3.8, 4) is 45.3 Å². The highest BCUT2D eigenvalue weighted by Gasteiger charge is 2.33. The molecule has 16 heteroatoms. The van der Waals surface area contributed by atoms with Gasteiger partial charge in [0.1, 0.15) is 42.6 Å². The molecule has 0 amide bonds. The highest BCUT2D eigenvalue weighted by molar-refractivity contribution is 7.88. The molecule has 69 heavy (non-hydrogen) atoms. The average molecular weight is 993 g/mol. The van der Waals surface area contributed by atoms with Crippen LogP contribution in [0.1, 0.15) is 28.2 Å². The van der Waals surface area contributed by atoms with Gasteiger partial charge in [-0.2, -0.15) is 33.7 Å². The van der Waals surface area contributed by atoms with Crippen molar-refractivity contribution >= 4 is 46.0 Å². The zero-order valence-electron chi connectivity index (χ0n) is 35.8. The van der Waals surface area contributed by atoms with Crippen molar-refractivity contribution in [3.63, 3.8) is 0 Å². The van der Waals surface area contributed by atoms with Gasteiger partial charge in [0.05, 0.1) is 0 Å². The van der Waals surface area contributed by atoms with Gasteiger partial charge in [-0.1, -0.05) is 115 Å². The molecule has 0 spiro atoms. The maximum absolute atomic E-state index is 13.7. The van der Waals surface area contributed by atoms with Crippen LogP contribution in [0.4, 0.5) is 0 Å². The summed E-state index contributed by atoms with van der Waals surface area (Å²) in [7, 11) is -17.4. The molecular weight excluding hydrogens is 957 g/mol. The van der Waals surface area contributed by atoms with E-state index < -0.39 is 46.4 Å². The third-order valence-electron chi connectivity index (χ3n) is 11.4. The zero-order chi connectivity index (χ0) is 48.0. The summed E-state index contributed by atoms with van der Waals surface area (Å²) in [6.45, 7) is 0. The topological polar surface area (TPSA) is 173 Å². The zero-order valence-corrected chi connectivity index (χ0v) is 39.1. The molecular formula is C53H36O12S4. The first-order valence-electron chi connectivity index (χ1n) is 21.1. The lowest BCUT2D eigenvalue weighted by Gasteiger charge is -2.12. The Morgan fingerprint density at radius 3 is 0.928 bits per heavy atom. The minimum absolute atomic E-state index is 0.107. The molecule has 8 aromatic carbocycles. The van der Waals surface area contributed by atoms with E-state index in [1.54, 1.807) is 115 Å². The number of para-hydroxylation sites is 4. The Bertz CT molecular complexity index is 3580. The predicted octanol–water partition coefficient (Wildman–Crippen LogP) is 10.5. The van der Waals surface area contributed by atoms with E-state index in [9.17, 15) is 33.7 Å². The molecule has 0 bridgehead atoms. The lowest BCUT2D eigenvalue weighted by atomic mass is 9.96. The Morgan fingerprint density at radius 2 is 0.609 bits per heavy atom. The fourth-order valence-corrected chi connectivity index (χ4v) is 12.1. The fraction of sp³-hybridized carbons (Fsp3) is 0.0189. The molecule has 0 unspecified atom stereocenters. The van der Waals surface area contributed by atoms with Crippen molar-refractivity contribution in [2.24, 2.45) is 0 Å². The molecule has 0 radical (unpaired) electrons. The average Bonchev–Trinajstić information content (AvgIpc) is 3.82. The number of hydrogen-bond acceptors (Lipinski definition) is 12. The van der Waals surface area contributed by atoms with Gasteiger partial charge in [0.2, 0.25) is 0 Å². The summed E-state index contributed by atoms with van der Waals surface area (Å²) >= 11 is 0. The van der Waals surface area contributed by atoms with Crippen LogP contribution in [0.15, 0.2) is 232 Å². The van der Waals surface area contributed by atoms with Crippen molar-refractivity contribution in [1.29, 1.82) is 0 Å². The van der Waals surface area contributed by atoms with E-state index in [4.69, 9.17) is 16.7 Å². The molecule has 0 fully saturated rings. The lowest BCUT2D eigenvalue weighted by Crippen LogP contribution is -2.10. The molecule has 2 aliphatic rings. The Labute approximate surface area is 399 Å². The molecule has 12 nitrogen and oxygen atoms in total. The van der Waals surface area contributed by atoms with Crippen LogP contribution in [0.5, 0.6) is 23.0 Å². The largest absolute Gasteiger partial charge is 0.379 e. The number of rotatable bonds is 14. The number of fused-ring (bicyclic) bond motifs is 6. The Balaban J connectivity index is 1.09. The second-order valence-corrected chi connectivity index (χ2v) is 21.9. The van der Waals surface area contributed by atoms with Crippen molar-refractivity contribution in [1.82, 2.24) is 0 Å². The second-order valence-electron chi connectivity index (χ2n) is 15.8. The maximum atomic E-state index is 13.7. The molecule has 8 aromatic rings. The third-order valence-corrected chi connectivity index (χ3v) is 16.3. The summed E-state index contributed by atoms with van der Waals surface area (Å²) in [5, 5.41) is 0. The summed E-state index contributed by atoms with van der Waals surface area (Å²) in [4.78, 5) is -0.618. The molecule has 344 valence electrons. The van der Waals surface area contributed by atoms with E-state index in [1.165, 1.54) is 97.1 Å². The summed E-state index contributed by atoms with van der Waals surface area (Å²) < 4.78 is 132. The summed E-state index contributed by atoms with van der Waals surface area (Å²) in [6, 6.07) is 50.2. The van der Waals surface area contributed by atoms with Crippen molar-refractivity contribution in [2.45, 2.75) is 25.5 Å². The molecule has 0 saturated heterocycles. The molecule has 10 rings (SSSR count). The highest BCUT2D eigenvalue weighted by atomic mass is 32.2. The monoisotopic (exact) mass is 992 g/mol. The van der Waals surface area contributed by atoms with E-state index in [0.29, 0.717) is 50.1 Å². The van der Waals surface area contributed by atoms with Gasteiger partial charge in [-0.3, -0.25) is 0 Å². The van der Waals surface area contributed by atoms with Gasteiger partial charge in [0.15, 0.2) is 0 Å². The first kappa shape index (κ1) is 45.0. The van der Waals surface area contributed by atoms with Crippen LogP contribution in [0.25, 0.3) is 27.8 Å². The number of hydrogen-bond donors (Lipinski definition) is 0. The van der Waals surface area contributed by atoms with Crippen LogP contribution in [-0.2, 0) is 40.5 Å². The van der Waals surface area contributed by atoms with Crippen LogP contribution >= 0.6 is 0 Å². The van der Waals surface area contributed by atoms with Crippen LogP contribution in [0.3, 0.4) is 0 Å². The number of allylic oxidation sites excluding steroid dienone is 3. The molecule has 0 aromatic heterocycles. The van der Waals surface area contributed by atoms with Gasteiger partial charge in [-0.05, 0) is 147 Å². The van der Waals surface area contributed by atoms with E-state index in [1.807, 2.05) is 0 Å². The molecule has 0 N–H and O–H groups in total. The maximum Gasteiger partial charge on any atom is 0.339 e. The third kappa shape index (κ3) is 9.05. The van der Waals surface area contributed by atoms with Gasteiger partial charge in [-0.25, -0.2) is 0 Å². The second kappa shape index (κ2) is 17.7. The minimum Gasteiger partial charge on any atom is -0.379 e. The van der Waals surface area contributed by atoms with Crippen molar-refractivity contribution in [2.75, 3.05) is 0 Å². The smallest absolute Gasteiger partial charge is 0.339 e. The van der Waals surface area contributed by atoms with E-state index >= 15 is 0 Å². The summed E-state index contributed by atoms with van der Waals surface area (Å²) in [6.07, 6.45) is 5.10. The Hall–Kier alpha value is -7.76. The van der Waals surface area contributed by atoms with Crippen LogP contribution in [-0.4, -0.2) is 33.7 Å². The van der Waals surface area contributed by atoms with Gasteiger partial charge in [-0.15, -0.1) is 0 Å².